The third-order valence-corrected chi connectivity index (χ3v) is 4.80. The number of aryl methyl sites for hydroxylation is 2. The Morgan fingerprint density at radius 3 is 2.56 bits per heavy atom. The van der Waals surface area contributed by atoms with E-state index in [4.69, 9.17) is 0 Å². The zero-order valence-electron chi connectivity index (χ0n) is 13.7. The highest BCUT2D eigenvalue weighted by Gasteiger charge is 2.15. The predicted molar refractivity (Wildman–Crippen MR) is 98.0 cm³/mol. The van der Waals surface area contributed by atoms with Gasteiger partial charge in [-0.1, -0.05) is 41.2 Å². The second kappa shape index (κ2) is 6.10. The summed E-state index contributed by atoms with van der Waals surface area (Å²) in [7, 11) is 0. The van der Waals surface area contributed by atoms with E-state index in [0.717, 1.165) is 32.6 Å². The number of nitrogens with zero attached hydrogens (tertiary/aromatic N) is 4. The SMILES string of the molecule is Cc1ccc(C(=O)Nc2ccccc2-c2nn3c(C)nnc3s2)cc1. The van der Waals surface area contributed by atoms with Crippen LogP contribution in [0.4, 0.5) is 5.69 Å². The van der Waals surface area contributed by atoms with Crippen LogP contribution in [-0.4, -0.2) is 25.7 Å². The molecule has 4 aromatic rings. The summed E-state index contributed by atoms with van der Waals surface area (Å²) < 4.78 is 1.71. The van der Waals surface area contributed by atoms with Gasteiger partial charge < -0.3 is 5.32 Å². The summed E-state index contributed by atoms with van der Waals surface area (Å²) >= 11 is 1.44. The molecule has 1 N–H and O–H groups in total. The zero-order valence-corrected chi connectivity index (χ0v) is 14.5. The number of amides is 1. The van der Waals surface area contributed by atoms with Crippen molar-refractivity contribution in [3.63, 3.8) is 0 Å². The first-order valence-electron chi connectivity index (χ1n) is 7.78. The number of carbonyl (C=O) groups excluding carboxylic acids is 1. The molecule has 0 bridgehead atoms. The van der Waals surface area contributed by atoms with Crippen molar-refractivity contribution in [1.82, 2.24) is 19.8 Å². The van der Waals surface area contributed by atoms with Crippen LogP contribution in [0.3, 0.4) is 0 Å². The van der Waals surface area contributed by atoms with Gasteiger partial charge >= 0.3 is 0 Å². The first-order chi connectivity index (χ1) is 12.1. The molecule has 2 aromatic heterocycles. The van der Waals surface area contributed by atoms with E-state index in [2.05, 4.69) is 20.6 Å². The van der Waals surface area contributed by atoms with Crippen LogP contribution in [0.25, 0.3) is 15.5 Å². The van der Waals surface area contributed by atoms with Crippen LogP contribution >= 0.6 is 11.3 Å². The van der Waals surface area contributed by atoms with Crippen molar-refractivity contribution >= 4 is 27.9 Å². The quantitative estimate of drug-likeness (QED) is 0.612. The minimum Gasteiger partial charge on any atom is -0.321 e. The number of nitrogens with one attached hydrogen (secondary N) is 1. The standard InChI is InChI=1S/C18H15N5OS/c1-11-7-9-13(10-8-11)16(24)19-15-6-4-3-5-14(15)17-22-23-12(2)20-21-18(23)25-17/h3-10H,1-2H3,(H,19,24). The molecule has 0 saturated carbocycles. The monoisotopic (exact) mass is 349 g/mol. The summed E-state index contributed by atoms with van der Waals surface area (Å²) in [5, 5.41) is 16.4. The Bertz CT molecular complexity index is 1060. The maximum Gasteiger partial charge on any atom is 0.255 e. The van der Waals surface area contributed by atoms with Gasteiger partial charge in [0, 0.05) is 11.1 Å². The number of aromatic nitrogens is 4. The second-order valence-electron chi connectivity index (χ2n) is 5.71. The molecule has 0 aliphatic carbocycles. The molecule has 0 aliphatic rings. The fraction of sp³-hybridized carbons (Fsp3) is 0.111. The van der Waals surface area contributed by atoms with Gasteiger partial charge in [0.05, 0.1) is 5.69 Å². The van der Waals surface area contributed by atoms with Gasteiger partial charge in [0.15, 0.2) is 5.82 Å². The number of carbonyl (C=O) groups is 1. The maximum atomic E-state index is 12.5. The van der Waals surface area contributed by atoms with Crippen molar-refractivity contribution in [2.45, 2.75) is 13.8 Å². The molecular weight excluding hydrogens is 334 g/mol. The van der Waals surface area contributed by atoms with Crippen LogP contribution in [0.1, 0.15) is 21.7 Å². The van der Waals surface area contributed by atoms with Crippen molar-refractivity contribution in [1.29, 1.82) is 0 Å². The lowest BCUT2D eigenvalue weighted by molar-refractivity contribution is 0.102. The molecule has 124 valence electrons. The van der Waals surface area contributed by atoms with E-state index >= 15 is 0 Å². The Kier molecular flexibility index (Phi) is 3.77. The number of benzene rings is 2. The van der Waals surface area contributed by atoms with Crippen molar-refractivity contribution in [3.05, 3.63) is 65.5 Å². The fourth-order valence-electron chi connectivity index (χ4n) is 2.50. The lowest BCUT2D eigenvalue weighted by Gasteiger charge is -2.09. The molecule has 0 spiro atoms. The van der Waals surface area contributed by atoms with E-state index in [-0.39, 0.29) is 5.91 Å². The molecule has 2 heterocycles. The highest BCUT2D eigenvalue weighted by atomic mass is 32.1. The topological polar surface area (TPSA) is 72.2 Å². The molecule has 0 saturated heterocycles. The van der Waals surface area contributed by atoms with Gasteiger partial charge in [-0.25, -0.2) is 0 Å². The Hall–Kier alpha value is -3.06. The maximum absolute atomic E-state index is 12.5. The minimum absolute atomic E-state index is 0.147. The van der Waals surface area contributed by atoms with Gasteiger partial charge in [-0.2, -0.15) is 9.61 Å². The van der Waals surface area contributed by atoms with E-state index in [1.807, 2.05) is 62.4 Å². The van der Waals surface area contributed by atoms with Gasteiger partial charge in [0.25, 0.3) is 5.91 Å². The highest BCUT2D eigenvalue weighted by Crippen LogP contribution is 2.31. The van der Waals surface area contributed by atoms with Gasteiger partial charge in [0.1, 0.15) is 5.01 Å². The first kappa shape index (κ1) is 15.5. The van der Waals surface area contributed by atoms with Crippen LogP contribution in [0.2, 0.25) is 0 Å². The van der Waals surface area contributed by atoms with Crippen molar-refractivity contribution in [2.24, 2.45) is 0 Å². The average molecular weight is 349 g/mol. The molecule has 0 fully saturated rings. The van der Waals surface area contributed by atoms with Crippen LogP contribution in [0.5, 0.6) is 0 Å². The summed E-state index contributed by atoms with van der Waals surface area (Å²) in [5.74, 6) is 0.588. The first-order valence-corrected chi connectivity index (χ1v) is 8.60. The number of hydrogen-bond acceptors (Lipinski definition) is 5. The molecular formula is C18H15N5OS. The van der Waals surface area contributed by atoms with Crippen LogP contribution in [0, 0.1) is 13.8 Å². The average Bonchev–Trinajstić information content (AvgIpc) is 3.18. The third kappa shape index (κ3) is 2.89. The third-order valence-electron chi connectivity index (χ3n) is 3.87. The number of anilines is 1. The molecule has 0 atom stereocenters. The van der Waals surface area contributed by atoms with Gasteiger partial charge in [-0.3, -0.25) is 4.79 Å². The van der Waals surface area contributed by atoms with E-state index in [9.17, 15) is 4.79 Å². The number of rotatable bonds is 3. The van der Waals surface area contributed by atoms with Crippen LogP contribution in [-0.2, 0) is 0 Å². The molecule has 2 aromatic carbocycles. The Morgan fingerprint density at radius 1 is 1.04 bits per heavy atom. The smallest absolute Gasteiger partial charge is 0.255 e. The van der Waals surface area contributed by atoms with E-state index in [1.54, 1.807) is 4.52 Å². The van der Waals surface area contributed by atoms with E-state index in [1.165, 1.54) is 11.3 Å². The van der Waals surface area contributed by atoms with Crippen LogP contribution < -0.4 is 5.32 Å². The Balaban J connectivity index is 1.69. The second-order valence-corrected chi connectivity index (χ2v) is 6.67. The summed E-state index contributed by atoms with van der Waals surface area (Å²) in [6, 6.07) is 15.1. The Morgan fingerprint density at radius 2 is 1.80 bits per heavy atom. The van der Waals surface area contributed by atoms with Gasteiger partial charge in [-0.05, 0) is 38.1 Å². The predicted octanol–water partition coefficient (Wildman–Crippen LogP) is 3.72. The van der Waals surface area contributed by atoms with Gasteiger partial charge in [0.2, 0.25) is 4.96 Å². The van der Waals surface area contributed by atoms with Crippen LogP contribution in [0.15, 0.2) is 48.5 Å². The number of para-hydroxylation sites is 1. The van der Waals surface area contributed by atoms with Crippen molar-refractivity contribution in [3.8, 4) is 10.6 Å². The molecule has 6 nitrogen and oxygen atoms in total. The normalized spacial score (nSPS) is 11.0. The largest absolute Gasteiger partial charge is 0.321 e. The lowest BCUT2D eigenvalue weighted by Crippen LogP contribution is -2.12. The van der Waals surface area contributed by atoms with Gasteiger partial charge in [-0.15, -0.1) is 10.2 Å². The molecule has 4 rings (SSSR count). The summed E-state index contributed by atoms with van der Waals surface area (Å²) in [4.78, 5) is 13.3. The van der Waals surface area contributed by atoms with E-state index < -0.39 is 0 Å². The van der Waals surface area contributed by atoms with Crippen molar-refractivity contribution < 1.29 is 4.79 Å². The Labute approximate surface area is 148 Å². The highest BCUT2D eigenvalue weighted by molar-refractivity contribution is 7.19. The summed E-state index contributed by atoms with van der Waals surface area (Å²) in [5.41, 5.74) is 3.31. The summed E-state index contributed by atoms with van der Waals surface area (Å²) in [6.07, 6.45) is 0. The molecule has 0 unspecified atom stereocenters. The van der Waals surface area contributed by atoms with Crippen molar-refractivity contribution in [2.75, 3.05) is 5.32 Å². The molecule has 25 heavy (non-hydrogen) atoms. The minimum atomic E-state index is -0.147. The lowest BCUT2D eigenvalue weighted by atomic mass is 10.1. The molecule has 1 amide bonds. The summed E-state index contributed by atoms with van der Waals surface area (Å²) in [6.45, 7) is 3.85. The molecule has 7 heteroatoms. The number of hydrogen-bond donors (Lipinski definition) is 1. The molecule has 0 radical (unpaired) electrons. The molecule has 0 aliphatic heterocycles. The fourth-order valence-corrected chi connectivity index (χ4v) is 3.43. The van der Waals surface area contributed by atoms with E-state index in [0.29, 0.717) is 5.56 Å². The number of fused-ring (bicyclic) bond motifs is 1. The zero-order chi connectivity index (χ0) is 17.4.